The molecule has 1 unspecified atom stereocenters. The zero-order chi connectivity index (χ0) is 10.6. The van der Waals surface area contributed by atoms with E-state index in [0.717, 1.165) is 25.4 Å². The number of rotatable bonds is 6. The van der Waals surface area contributed by atoms with Gasteiger partial charge in [-0.2, -0.15) is 0 Å². The highest BCUT2D eigenvalue weighted by Crippen LogP contribution is 2.29. The first-order valence-corrected chi connectivity index (χ1v) is 5.66. The molecule has 82 valence electrons. The molecule has 0 aliphatic heterocycles. The molecule has 1 amide bonds. The summed E-state index contributed by atoms with van der Waals surface area (Å²) in [5.41, 5.74) is 5.63. The summed E-state index contributed by atoms with van der Waals surface area (Å²) in [6, 6.07) is 0.138. The molecule has 0 heterocycles. The number of nitrogens with two attached hydrogens (primary N) is 1. The van der Waals surface area contributed by atoms with Crippen LogP contribution in [-0.2, 0) is 4.79 Å². The van der Waals surface area contributed by atoms with Gasteiger partial charge in [0.1, 0.15) is 0 Å². The fourth-order valence-electron chi connectivity index (χ4n) is 1.53. The van der Waals surface area contributed by atoms with E-state index in [4.69, 9.17) is 5.73 Å². The van der Waals surface area contributed by atoms with Gasteiger partial charge in [-0.15, -0.1) is 0 Å². The van der Waals surface area contributed by atoms with E-state index in [1.807, 2.05) is 18.7 Å². The highest BCUT2D eigenvalue weighted by molar-refractivity contribution is 5.76. The van der Waals surface area contributed by atoms with Gasteiger partial charge in [0, 0.05) is 25.6 Å². The van der Waals surface area contributed by atoms with Gasteiger partial charge in [-0.3, -0.25) is 4.79 Å². The third-order valence-corrected chi connectivity index (χ3v) is 2.72. The van der Waals surface area contributed by atoms with Crippen molar-refractivity contribution in [2.24, 2.45) is 11.7 Å². The largest absolute Gasteiger partial charge is 0.343 e. The summed E-state index contributed by atoms with van der Waals surface area (Å²) >= 11 is 0. The predicted octanol–water partition coefficient (Wildman–Crippen LogP) is 1.37. The van der Waals surface area contributed by atoms with E-state index in [1.165, 1.54) is 12.8 Å². The highest BCUT2D eigenvalue weighted by Gasteiger charge is 2.25. The second-order valence-electron chi connectivity index (χ2n) is 4.39. The smallest absolute Gasteiger partial charge is 0.222 e. The molecule has 3 nitrogen and oxygen atoms in total. The van der Waals surface area contributed by atoms with Gasteiger partial charge in [-0.05, 0) is 39.0 Å². The minimum atomic E-state index is 0.138. The lowest BCUT2D eigenvalue weighted by Gasteiger charge is -2.21. The molecule has 1 aliphatic rings. The SMILES string of the molecule is CCN(CC1CC1)C(=O)CCC(C)N. The van der Waals surface area contributed by atoms with Crippen molar-refractivity contribution in [2.75, 3.05) is 13.1 Å². The summed E-state index contributed by atoms with van der Waals surface area (Å²) in [6.45, 7) is 5.80. The van der Waals surface area contributed by atoms with Gasteiger partial charge in [0.25, 0.3) is 0 Å². The molecule has 1 saturated carbocycles. The molecule has 3 heteroatoms. The first kappa shape index (κ1) is 11.5. The van der Waals surface area contributed by atoms with Crippen molar-refractivity contribution in [2.45, 2.75) is 45.6 Å². The molecule has 1 fully saturated rings. The predicted molar refractivity (Wildman–Crippen MR) is 57.9 cm³/mol. The van der Waals surface area contributed by atoms with E-state index in [1.54, 1.807) is 0 Å². The minimum Gasteiger partial charge on any atom is -0.343 e. The Labute approximate surface area is 86.6 Å². The molecule has 1 rings (SSSR count). The van der Waals surface area contributed by atoms with Crippen molar-refractivity contribution in [3.63, 3.8) is 0 Å². The monoisotopic (exact) mass is 198 g/mol. The van der Waals surface area contributed by atoms with Crippen molar-refractivity contribution in [3.05, 3.63) is 0 Å². The maximum absolute atomic E-state index is 11.7. The van der Waals surface area contributed by atoms with E-state index in [9.17, 15) is 4.79 Å². The second kappa shape index (κ2) is 5.35. The lowest BCUT2D eigenvalue weighted by Crippen LogP contribution is -2.33. The number of carbonyl (C=O) groups is 1. The third kappa shape index (κ3) is 4.09. The lowest BCUT2D eigenvalue weighted by molar-refractivity contribution is -0.131. The van der Waals surface area contributed by atoms with E-state index in [0.29, 0.717) is 6.42 Å². The van der Waals surface area contributed by atoms with E-state index < -0.39 is 0 Å². The normalized spacial score (nSPS) is 17.9. The van der Waals surface area contributed by atoms with Crippen LogP contribution in [-0.4, -0.2) is 29.9 Å². The van der Waals surface area contributed by atoms with Gasteiger partial charge in [0.15, 0.2) is 0 Å². The van der Waals surface area contributed by atoms with Gasteiger partial charge in [0.05, 0.1) is 0 Å². The zero-order valence-electron chi connectivity index (χ0n) is 9.33. The maximum Gasteiger partial charge on any atom is 0.222 e. The zero-order valence-corrected chi connectivity index (χ0v) is 9.33. The summed E-state index contributed by atoms with van der Waals surface area (Å²) in [5.74, 6) is 1.06. The van der Waals surface area contributed by atoms with Crippen LogP contribution in [0.1, 0.15) is 39.5 Å². The van der Waals surface area contributed by atoms with Gasteiger partial charge < -0.3 is 10.6 Å². The van der Waals surface area contributed by atoms with Gasteiger partial charge in [0.2, 0.25) is 5.91 Å². The highest BCUT2D eigenvalue weighted by atomic mass is 16.2. The van der Waals surface area contributed by atoms with Crippen LogP contribution in [0.25, 0.3) is 0 Å². The maximum atomic E-state index is 11.7. The molecule has 14 heavy (non-hydrogen) atoms. The van der Waals surface area contributed by atoms with Crippen molar-refractivity contribution in [3.8, 4) is 0 Å². The number of amides is 1. The average molecular weight is 198 g/mol. The fraction of sp³-hybridized carbons (Fsp3) is 0.909. The molecule has 2 N–H and O–H groups in total. The number of carbonyl (C=O) groups excluding carboxylic acids is 1. The van der Waals surface area contributed by atoms with E-state index in [-0.39, 0.29) is 11.9 Å². The van der Waals surface area contributed by atoms with Crippen LogP contribution in [0.5, 0.6) is 0 Å². The molecular formula is C11H22N2O. The first-order chi connectivity index (χ1) is 6.63. The van der Waals surface area contributed by atoms with Crippen molar-refractivity contribution >= 4 is 5.91 Å². The molecular weight excluding hydrogens is 176 g/mol. The minimum absolute atomic E-state index is 0.138. The summed E-state index contributed by atoms with van der Waals surface area (Å²) in [4.78, 5) is 13.7. The number of hydrogen-bond donors (Lipinski definition) is 1. The third-order valence-electron chi connectivity index (χ3n) is 2.72. The van der Waals surface area contributed by atoms with Crippen LogP contribution in [0.15, 0.2) is 0 Å². The van der Waals surface area contributed by atoms with Gasteiger partial charge in [-0.1, -0.05) is 0 Å². The molecule has 0 aromatic heterocycles. The average Bonchev–Trinajstić information content (AvgIpc) is 2.93. The Morgan fingerprint density at radius 1 is 1.57 bits per heavy atom. The van der Waals surface area contributed by atoms with Crippen LogP contribution in [0.4, 0.5) is 0 Å². The Balaban J connectivity index is 2.23. The Kier molecular flexibility index (Phi) is 4.39. The molecule has 0 saturated heterocycles. The fourth-order valence-corrected chi connectivity index (χ4v) is 1.53. The Bertz CT molecular complexity index is 188. The molecule has 0 aromatic carbocycles. The molecule has 1 atom stereocenters. The van der Waals surface area contributed by atoms with E-state index in [2.05, 4.69) is 0 Å². The van der Waals surface area contributed by atoms with Crippen LogP contribution in [0.2, 0.25) is 0 Å². The first-order valence-electron chi connectivity index (χ1n) is 5.66. The summed E-state index contributed by atoms with van der Waals surface area (Å²) < 4.78 is 0. The molecule has 0 bridgehead atoms. The summed E-state index contributed by atoms with van der Waals surface area (Å²) in [7, 11) is 0. The molecule has 1 aliphatic carbocycles. The molecule has 0 aromatic rings. The van der Waals surface area contributed by atoms with Gasteiger partial charge in [-0.25, -0.2) is 0 Å². The summed E-state index contributed by atoms with van der Waals surface area (Å²) in [6.07, 6.45) is 4.02. The van der Waals surface area contributed by atoms with Crippen molar-refractivity contribution < 1.29 is 4.79 Å². The standard InChI is InChI=1S/C11H22N2O/c1-3-13(8-10-5-6-10)11(14)7-4-9(2)12/h9-10H,3-8,12H2,1-2H3. The number of nitrogens with zero attached hydrogens (tertiary/aromatic N) is 1. The molecule has 0 spiro atoms. The topological polar surface area (TPSA) is 46.3 Å². The summed E-state index contributed by atoms with van der Waals surface area (Å²) in [5, 5.41) is 0. The van der Waals surface area contributed by atoms with E-state index >= 15 is 0 Å². The van der Waals surface area contributed by atoms with Crippen molar-refractivity contribution in [1.29, 1.82) is 0 Å². The number of hydrogen-bond acceptors (Lipinski definition) is 2. The Hall–Kier alpha value is -0.570. The molecule has 0 radical (unpaired) electrons. The van der Waals surface area contributed by atoms with Crippen molar-refractivity contribution in [1.82, 2.24) is 4.90 Å². The van der Waals surface area contributed by atoms with Crippen LogP contribution in [0, 0.1) is 5.92 Å². The Morgan fingerprint density at radius 2 is 2.21 bits per heavy atom. The van der Waals surface area contributed by atoms with Crippen LogP contribution in [0.3, 0.4) is 0 Å². The second-order valence-corrected chi connectivity index (χ2v) is 4.39. The Morgan fingerprint density at radius 3 is 2.64 bits per heavy atom. The quantitative estimate of drug-likeness (QED) is 0.700. The lowest BCUT2D eigenvalue weighted by atomic mass is 10.2. The van der Waals surface area contributed by atoms with Crippen LogP contribution < -0.4 is 5.73 Å². The van der Waals surface area contributed by atoms with Gasteiger partial charge >= 0.3 is 0 Å². The van der Waals surface area contributed by atoms with Crippen LogP contribution >= 0.6 is 0 Å².